The maximum absolute atomic E-state index is 11.8. The fraction of sp³-hybridized carbons (Fsp3) is 0.545. The zero-order chi connectivity index (χ0) is 13.6. The number of aromatic nitrogens is 1. The van der Waals surface area contributed by atoms with E-state index in [2.05, 4.69) is 15.6 Å². The van der Waals surface area contributed by atoms with Crippen LogP contribution in [0.3, 0.4) is 0 Å². The zero-order valence-corrected chi connectivity index (χ0v) is 11.8. The molecule has 0 atom stereocenters. The SMILES string of the molecule is CCNCCNc1ccc(S(=O)(=O)N(C)C)cn1. The van der Waals surface area contributed by atoms with Crippen LogP contribution in [-0.2, 0) is 10.0 Å². The summed E-state index contributed by atoms with van der Waals surface area (Å²) in [7, 11) is -0.396. The van der Waals surface area contributed by atoms with Gasteiger partial charge < -0.3 is 10.6 Å². The molecule has 0 saturated heterocycles. The molecule has 1 rings (SSSR count). The molecule has 0 amide bonds. The van der Waals surface area contributed by atoms with Gasteiger partial charge in [-0.15, -0.1) is 0 Å². The average molecular weight is 272 g/mol. The molecule has 0 aliphatic rings. The first-order valence-corrected chi connectivity index (χ1v) is 7.25. The van der Waals surface area contributed by atoms with E-state index in [1.165, 1.54) is 24.6 Å². The molecule has 7 heteroatoms. The topological polar surface area (TPSA) is 74.3 Å². The van der Waals surface area contributed by atoms with Crippen LogP contribution in [0.2, 0.25) is 0 Å². The van der Waals surface area contributed by atoms with E-state index < -0.39 is 10.0 Å². The number of rotatable bonds is 7. The first-order valence-electron chi connectivity index (χ1n) is 5.81. The van der Waals surface area contributed by atoms with Crippen LogP contribution in [0.1, 0.15) is 6.92 Å². The number of sulfonamides is 1. The van der Waals surface area contributed by atoms with Crippen molar-refractivity contribution < 1.29 is 8.42 Å². The summed E-state index contributed by atoms with van der Waals surface area (Å²) in [6, 6.07) is 3.22. The first-order chi connectivity index (χ1) is 8.48. The van der Waals surface area contributed by atoms with Crippen LogP contribution in [0.15, 0.2) is 23.2 Å². The molecule has 0 spiro atoms. The van der Waals surface area contributed by atoms with Crippen molar-refractivity contribution in [3.63, 3.8) is 0 Å². The number of nitrogens with zero attached hydrogens (tertiary/aromatic N) is 2. The number of pyridine rings is 1. The third kappa shape index (κ3) is 3.94. The molecular formula is C11H20N4O2S. The monoisotopic (exact) mass is 272 g/mol. The summed E-state index contributed by atoms with van der Waals surface area (Å²) < 4.78 is 24.8. The van der Waals surface area contributed by atoms with E-state index in [1.807, 2.05) is 6.92 Å². The Morgan fingerprint density at radius 1 is 1.28 bits per heavy atom. The lowest BCUT2D eigenvalue weighted by Gasteiger charge is -2.11. The summed E-state index contributed by atoms with van der Waals surface area (Å²) in [6.45, 7) is 4.56. The van der Waals surface area contributed by atoms with Gasteiger partial charge in [-0.25, -0.2) is 17.7 Å². The molecule has 0 aromatic carbocycles. The van der Waals surface area contributed by atoms with Gasteiger partial charge in [-0.1, -0.05) is 6.92 Å². The van der Waals surface area contributed by atoms with Gasteiger partial charge >= 0.3 is 0 Å². The van der Waals surface area contributed by atoms with Gasteiger partial charge in [0.15, 0.2) is 0 Å². The van der Waals surface area contributed by atoms with Crippen molar-refractivity contribution in [2.45, 2.75) is 11.8 Å². The smallest absolute Gasteiger partial charge is 0.244 e. The Hall–Kier alpha value is -1.18. The van der Waals surface area contributed by atoms with Crippen LogP contribution in [-0.4, -0.2) is 51.4 Å². The zero-order valence-electron chi connectivity index (χ0n) is 11.0. The van der Waals surface area contributed by atoms with Crippen LogP contribution in [0.4, 0.5) is 5.82 Å². The minimum absolute atomic E-state index is 0.199. The van der Waals surface area contributed by atoms with Gasteiger partial charge in [0.1, 0.15) is 10.7 Å². The number of hydrogen-bond acceptors (Lipinski definition) is 5. The second-order valence-corrected chi connectivity index (χ2v) is 6.10. The molecule has 2 N–H and O–H groups in total. The molecular weight excluding hydrogens is 252 g/mol. The Labute approximate surface area is 108 Å². The lowest BCUT2D eigenvalue weighted by atomic mass is 10.4. The molecule has 0 aliphatic carbocycles. The van der Waals surface area contributed by atoms with Crippen LogP contribution in [0.5, 0.6) is 0 Å². The summed E-state index contributed by atoms with van der Waals surface area (Å²) in [5.41, 5.74) is 0. The van der Waals surface area contributed by atoms with E-state index in [9.17, 15) is 8.42 Å². The largest absolute Gasteiger partial charge is 0.369 e. The molecule has 1 heterocycles. The lowest BCUT2D eigenvalue weighted by molar-refractivity contribution is 0.520. The molecule has 0 fully saturated rings. The van der Waals surface area contributed by atoms with Crippen molar-refractivity contribution in [3.05, 3.63) is 18.3 Å². The second-order valence-electron chi connectivity index (χ2n) is 3.95. The van der Waals surface area contributed by atoms with Crippen molar-refractivity contribution in [1.29, 1.82) is 0 Å². The molecule has 102 valence electrons. The van der Waals surface area contributed by atoms with E-state index in [1.54, 1.807) is 12.1 Å². The number of hydrogen-bond donors (Lipinski definition) is 2. The van der Waals surface area contributed by atoms with Gasteiger partial charge in [0.2, 0.25) is 10.0 Å². The van der Waals surface area contributed by atoms with Crippen molar-refractivity contribution >= 4 is 15.8 Å². The fourth-order valence-electron chi connectivity index (χ4n) is 1.30. The summed E-state index contributed by atoms with van der Waals surface area (Å²) in [4.78, 5) is 4.28. The van der Waals surface area contributed by atoms with Gasteiger partial charge in [-0.3, -0.25) is 0 Å². The van der Waals surface area contributed by atoms with Crippen LogP contribution >= 0.6 is 0 Å². The van der Waals surface area contributed by atoms with Crippen molar-refractivity contribution in [2.75, 3.05) is 39.0 Å². The Bertz CT molecular complexity index is 456. The minimum atomic E-state index is -3.39. The highest BCUT2D eigenvalue weighted by molar-refractivity contribution is 7.89. The number of anilines is 1. The number of likely N-dealkylation sites (N-methyl/N-ethyl adjacent to an activating group) is 1. The summed E-state index contributed by atoms with van der Waals surface area (Å²) >= 11 is 0. The van der Waals surface area contributed by atoms with E-state index in [0.717, 1.165) is 19.6 Å². The van der Waals surface area contributed by atoms with Crippen LogP contribution < -0.4 is 10.6 Å². The molecule has 18 heavy (non-hydrogen) atoms. The van der Waals surface area contributed by atoms with Gasteiger partial charge in [0.05, 0.1) is 0 Å². The lowest BCUT2D eigenvalue weighted by Crippen LogP contribution is -2.23. The Kier molecular flexibility index (Phi) is 5.52. The molecule has 0 radical (unpaired) electrons. The third-order valence-electron chi connectivity index (χ3n) is 2.37. The van der Waals surface area contributed by atoms with Gasteiger partial charge in [0, 0.05) is 33.4 Å². The molecule has 6 nitrogen and oxygen atoms in total. The molecule has 1 aromatic heterocycles. The van der Waals surface area contributed by atoms with Crippen LogP contribution in [0.25, 0.3) is 0 Å². The van der Waals surface area contributed by atoms with E-state index in [0.29, 0.717) is 5.82 Å². The predicted octanol–water partition coefficient (Wildman–Crippen LogP) is 0.353. The molecule has 0 bridgehead atoms. The summed E-state index contributed by atoms with van der Waals surface area (Å²) in [6.07, 6.45) is 1.37. The van der Waals surface area contributed by atoms with Crippen molar-refractivity contribution in [3.8, 4) is 0 Å². The maximum Gasteiger partial charge on any atom is 0.244 e. The standard InChI is InChI=1S/C11H20N4O2S/c1-4-12-7-8-13-11-6-5-10(9-14-11)18(16,17)15(2)3/h5-6,9,12H,4,7-8H2,1-3H3,(H,13,14). The Morgan fingerprint density at radius 2 is 2.00 bits per heavy atom. The quantitative estimate of drug-likeness (QED) is 0.701. The number of nitrogens with one attached hydrogen (secondary N) is 2. The first kappa shape index (κ1) is 14.9. The maximum atomic E-state index is 11.8. The van der Waals surface area contributed by atoms with Crippen LogP contribution in [0, 0.1) is 0 Å². The predicted molar refractivity (Wildman–Crippen MR) is 72.1 cm³/mol. The normalized spacial score (nSPS) is 11.8. The molecule has 0 aliphatic heterocycles. The molecule has 0 saturated carbocycles. The Balaban J connectivity index is 2.63. The van der Waals surface area contributed by atoms with Gasteiger partial charge in [-0.2, -0.15) is 0 Å². The van der Waals surface area contributed by atoms with E-state index in [-0.39, 0.29) is 4.90 Å². The highest BCUT2D eigenvalue weighted by Crippen LogP contribution is 2.13. The van der Waals surface area contributed by atoms with Crippen molar-refractivity contribution in [1.82, 2.24) is 14.6 Å². The molecule has 1 aromatic rings. The Morgan fingerprint density at radius 3 is 2.50 bits per heavy atom. The minimum Gasteiger partial charge on any atom is -0.369 e. The van der Waals surface area contributed by atoms with Gasteiger partial charge in [-0.05, 0) is 18.7 Å². The van der Waals surface area contributed by atoms with Crippen molar-refractivity contribution in [2.24, 2.45) is 0 Å². The summed E-state index contributed by atoms with van der Waals surface area (Å²) in [5.74, 6) is 0.672. The van der Waals surface area contributed by atoms with Gasteiger partial charge in [0.25, 0.3) is 0 Å². The average Bonchev–Trinajstić information content (AvgIpc) is 2.35. The third-order valence-corrected chi connectivity index (χ3v) is 4.17. The highest BCUT2D eigenvalue weighted by Gasteiger charge is 2.16. The van der Waals surface area contributed by atoms with E-state index in [4.69, 9.17) is 0 Å². The second kappa shape index (κ2) is 6.67. The fourth-order valence-corrected chi connectivity index (χ4v) is 2.15. The summed E-state index contributed by atoms with van der Waals surface area (Å²) in [5, 5.41) is 6.28. The van der Waals surface area contributed by atoms with E-state index >= 15 is 0 Å². The molecule has 0 unspecified atom stereocenters. The highest BCUT2D eigenvalue weighted by atomic mass is 32.2.